The lowest BCUT2D eigenvalue weighted by molar-refractivity contribution is 1.17. The second kappa shape index (κ2) is 15.8. The first-order valence-electron chi connectivity index (χ1n) is 22.0. The number of aromatic nitrogens is 1. The fourth-order valence-corrected chi connectivity index (χ4v) is 9.75. The van der Waals surface area contributed by atoms with Crippen LogP contribution >= 0.6 is 0 Å². The SMILES string of the molecule is c1ccc(-c2cccc3c4ccccc4n(-c4ccc(N(c5ccc(-c6cccc(-c7cccc8ccccc78)c6)cc5)c5ccc(-c6cccc7ccccc67)cc5)cc4)c23)cc1. The summed E-state index contributed by atoms with van der Waals surface area (Å²) in [5.41, 5.74) is 16.4. The quantitative estimate of drug-likeness (QED) is 0.148. The molecule has 0 saturated carbocycles. The first kappa shape index (κ1) is 37.3. The number of para-hydroxylation sites is 2. The summed E-state index contributed by atoms with van der Waals surface area (Å²) in [4.78, 5) is 2.37. The monoisotopic (exact) mass is 814 g/mol. The molecule has 11 aromatic carbocycles. The third-order valence-corrected chi connectivity index (χ3v) is 12.8. The Morgan fingerprint density at radius 3 is 1.38 bits per heavy atom. The van der Waals surface area contributed by atoms with Crippen molar-refractivity contribution >= 4 is 60.4 Å². The predicted octanol–water partition coefficient (Wildman–Crippen LogP) is 17.2. The first-order chi connectivity index (χ1) is 31.7. The van der Waals surface area contributed by atoms with Crippen molar-refractivity contribution in [1.82, 2.24) is 4.57 Å². The Hall–Kier alpha value is -8.46. The van der Waals surface area contributed by atoms with Gasteiger partial charge < -0.3 is 9.47 Å². The van der Waals surface area contributed by atoms with Gasteiger partial charge in [0.1, 0.15) is 0 Å². The molecule has 300 valence electrons. The number of anilines is 3. The van der Waals surface area contributed by atoms with Crippen LogP contribution in [-0.2, 0) is 0 Å². The maximum Gasteiger partial charge on any atom is 0.0619 e. The van der Waals surface area contributed by atoms with Gasteiger partial charge in [0, 0.05) is 39.1 Å². The van der Waals surface area contributed by atoms with Crippen LogP contribution in [0.2, 0.25) is 0 Å². The van der Waals surface area contributed by atoms with Crippen molar-refractivity contribution in [3.63, 3.8) is 0 Å². The molecular formula is C62H42N2. The van der Waals surface area contributed by atoms with Gasteiger partial charge in [-0.25, -0.2) is 0 Å². The largest absolute Gasteiger partial charge is 0.311 e. The Morgan fingerprint density at radius 2 is 0.703 bits per heavy atom. The van der Waals surface area contributed by atoms with Crippen LogP contribution in [0.4, 0.5) is 17.1 Å². The molecule has 0 radical (unpaired) electrons. The molecule has 2 heteroatoms. The molecule has 1 heterocycles. The zero-order chi connectivity index (χ0) is 42.4. The minimum Gasteiger partial charge on any atom is -0.311 e. The number of rotatable bonds is 8. The van der Waals surface area contributed by atoms with Gasteiger partial charge in [0.2, 0.25) is 0 Å². The zero-order valence-electron chi connectivity index (χ0n) is 35.1. The second-order valence-electron chi connectivity index (χ2n) is 16.5. The molecule has 1 aromatic heterocycles. The lowest BCUT2D eigenvalue weighted by Gasteiger charge is -2.26. The lowest BCUT2D eigenvalue weighted by atomic mass is 9.95. The third kappa shape index (κ3) is 6.52. The molecular weight excluding hydrogens is 773 g/mol. The summed E-state index contributed by atoms with van der Waals surface area (Å²) >= 11 is 0. The Bertz CT molecular complexity index is 3630. The van der Waals surface area contributed by atoms with Crippen LogP contribution in [0.25, 0.3) is 93.5 Å². The Labute approximate surface area is 373 Å². The van der Waals surface area contributed by atoms with Crippen molar-refractivity contribution in [1.29, 1.82) is 0 Å². The molecule has 0 spiro atoms. The Morgan fingerprint density at radius 1 is 0.266 bits per heavy atom. The van der Waals surface area contributed by atoms with Crippen molar-refractivity contribution in [3.05, 3.63) is 255 Å². The van der Waals surface area contributed by atoms with Gasteiger partial charge >= 0.3 is 0 Å². The predicted molar refractivity (Wildman–Crippen MR) is 272 cm³/mol. The van der Waals surface area contributed by atoms with Gasteiger partial charge in [-0.05, 0) is 121 Å². The molecule has 0 aliphatic carbocycles. The van der Waals surface area contributed by atoms with E-state index in [1.807, 2.05) is 0 Å². The minimum atomic E-state index is 1.08. The summed E-state index contributed by atoms with van der Waals surface area (Å²) in [5.74, 6) is 0. The molecule has 0 fully saturated rings. The van der Waals surface area contributed by atoms with Crippen LogP contribution in [0.1, 0.15) is 0 Å². The van der Waals surface area contributed by atoms with Gasteiger partial charge in [0.25, 0.3) is 0 Å². The number of hydrogen-bond donors (Lipinski definition) is 0. The molecule has 0 aliphatic heterocycles. The van der Waals surface area contributed by atoms with Gasteiger partial charge in [0.05, 0.1) is 11.0 Å². The molecule has 64 heavy (non-hydrogen) atoms. The highest BCUT2D eigenvalue weighted by Crippen LogP contribution is 2.41. The normalized spacial score (nSPS) is 11.4. The van der Waals surface area contributed by atoms with Crippen LogP contribution in [0, 0.1) is 0 Å². The number of hydrogen-bond acceptors (Lipinski definition) is 1. The van der Waals surface area contributed by atoms with Crippen LogP contribution in [0.15, 0.2) is 255 Å². The van der Waals surface area contributed by atoms with Gasteiger partial charge in [-0.3, -0.25) is 0 Å². The number of fused-ring (bicyclic) bond motifs is 5. The van der Waals surface area contributed by atoms with Crippen molar-refractivity contribution < 1.29 is 0 Å². The summed E-state index contributed by atoms with van der Waals surface area (Å²) in [7, 11) is 0. The van der Waals surface area contributed by atoms with E-state index in [2.05, 4.69) is 264 Å². The molecule has 12 aromatic rings. The van der Waals surface area contributed by atoms with Crippen LogP contribution in [0.5, 0.6) is 0 Å². The van der Waals surface area contributed by atoms with Crippen LogP contribution in [0.3, 0.4) is 0 Å². The maximum absolute atomic E-state index is 2.43. The molecule has 0 aliphatic rings. The highest BCUT2D eigenvalue weighted by Gasteiger charge is 2.19. The van der Waals surface area contributed by atoms with E-state index in [0.717, 1.165) is 22.7 Å². The van der Waals surface area contributed by atoms with Crippen molar-refractivity contribution in [3.8, 4) is 50.2 Å². The number of nitrogens with zero attached hydrogens (tertiary/aromatic N) is 2. The van der Waals surface area contributed by atoms with Crippen LogP contribution < -0.4 is 4.90 Å². The van der Waals surface area contributed by atoms with E-state index < -0.39 is 0 Å². The molecule has 12 rings (SSSR count). The molecule has 0 N–H and O–H groups in total. The topological polar surface area (TPSA) is 8.17 Å². The fourth-order valence-electron chi connectivity index (χ4n) is 9.75. The van der Waals surface area contributed by atoms with E-state index in [1.165, 1.54) is 87.9 Å². The fraction of sp³-hybridized carbons (Fsp3) is 0. The lowest BCUT2D eigenvalue weighted by Crippen LogP contribution is -2.10. The standard InChI is InChI=1S/C62H42N2/c1-2-14-46(15-3-1)58-27-13-28-60-59-24-8-9-29-61(59)64(62(58)60)53-40-38-52(39-41-53)63(51-36-32-47(33-37-51)56-25-11-18-44-16-4-6-22-54(44)56)50-34-30-43(31-35-50)48-20-10-21-49(42-48)57-26-12-19-45-17-5-7-23-55(45)57/h1-42H. The molecule has 2 nitrogen and oxygen atoms in total. The number of benzene rings is 11. The zero-order valence-corrected chi connectivity index (χ0v) is 35.1. The minimum absolute atomic E-state index is 1.08. The van der Waals surface area contributed by atoms with Crippen LogP contribution in [-0.4, -0.2) is 4.57 Å². The van der Waals surface area contributed by atoms with E-state index in [-0.39, 0.29) is 0 Å². The summed E-state index contributed by atoms with van der Waals surface area (Å²) in [6.07, 6.45) is 0. The summed E-state index contributed by atoms with van der Waals surface area (Å²) < 4.78 is 2.43. The van der Waals surface area contributed by atoms with Crippen molar-refractivity contribution in [2.75, 3.05) is 4.90 Å². The molecule has 0 saturated heterocycles. The second-order valence-corrected chi connectivity index (χ2v) is 16.5. The van der Waals surface area contributed by atoms with Crippen molar-refractivity contribution in [2.24, 2.45) is 0 Å². The van der Waals surface area contributed by atoms with Gasteiger partial charge in [-0.1, -0.05) is 194 Å². The average molecular weight is 815 g/mol. The smallest absolute Gasteiger partial charge is 0.0619 e. The Kier molecular flexibility index (Phi) is 9.20. The molecule has 0 bridgehead atoms. The van der Waals surface area contributed by atoms with E-state index in [9.17, 15) is 0 Å². The average Bonchev–Trinajstić information content (AvgIpc) is 3.72. The maximum atomic E-state index is 2.43. The highest BCUT2D eigenvalue weighted by atomic mass is 15.1. The van der Waals surface area contributed by atoms with Gasteiger partial charge in [-0.15, -0.1) is 0 Å². The molecule has 0 amide bonds. The summed E-state index contributed by atoms with van der Waals surface area (Å²) in [6.45, 7) is 0. The van der Waals surface area contributed by atoms with E-state index >= 15 is 0 Å². The Balaban J connectivity index is 0.959. The third-order valence-electron chi connectivity index (χ3n) is 12.8. The summed E-state index contributed by atoms with van der Waals surface area (Å²) in [5, 5.41) is 7.51. The molecule has 0 atom stereocenters. The molecule has 0 unspecified atom stereocenters. The summed E-state index contributed by atoms with van der Waals surface area (Å²) in [6, 6.07) is 92.6. The van der Waals surface area contributed by atoms with E-state index in [1.54, 1.807) is 0 Å². The first-order valence-corrected chi connectivity index (χ1v) is 22.0. The van der Waals surface area contributed by atoms with Gasteiger partial charge in [0.15, 0.2) is 0 Å². The highest BCUT2D eigenvalue weighted by molar-refractivity contribution is 6.14. The van der Waals surface area contributed by atoms with Crippen molar-refractivity contribution in [2.45, 2.75) is 0 Å². The van der Waals surface area contributed by atoms with Gasteiger partial charge in [-0.2, -0.15) is 0 Å². The van der Waals surface area contributed by atoms with E-state index in [0.29, 0.717) is 0 Å². The van der Waals surface area contributed by atoms with E-state index in [4.69, 9.17) is 0 Å².